The van der Waals surface area contributed by atoms with E-state index in [2.05, 4.69) is 47.6 Å². The lowest BCUT2D eigenvalue weighted by atomic mass is 10.2. The third-order valence-electron chi connectivity index (χ3n) is 5.29. The molecule has 37 heavy (non-hydrogen) atoms. The second kappa shape index (κ2) is 11.5. The predicted molar refractivity (Wildman–Crippen MR) is 149 cm³/mol. The van der Waals surface area contributed by atoms with Gasteiger partial charge in [0.15, 0.2) is 0 Å². The first-order valence-corrected chi connectivity index (χ1v) is 12.5. The fraction of sp³-hybridized carbons (Fsp3) is 0.321. The number of benzene rings is 2. The number of ether oxygens (including phenoxy) is 2. The van der Waals surface area contributed by atoms with E-state index in [-0.39, 0.29) is 4.75 Å². The molecule has 0 saturated carbocycles. The van der Waals surface area contributed by atoms with Gasteiger partial charge in [0.25, 0.3) is 0 Å². The number of hydrogen-bond donors (Lipinski definition) is 0. The molecule has 0 fully saturated rings. The molecule has 4 aromatic rings. The van der Waals surface area contributed by atoms with E-state index in [4.69, 9.17) is 18.6 Å². The molecule has 8 nitrogen and oxygen atoms in total. The number of anilines is 2. The van der Waals surface area contributed by atoms with Crippen molar-refractivity contribution in [2.75, 3.05) is 32.3 Å². The maximum Gasteiger partial charge on any atom is 0.124 e. The zero-order valence-electron chi connectivity index (χ0n) is 22.0. The second-order valence-electron chi connectivity index (χ2n) is 9.30. The van der Waals surface area contributed by atoms with E-state index < -0.39 is 0 Å². The summed E-state index contributed by atoms with van der Waals surface area (Å²) >= 11 is 1.43. The highest BCUT2D eigenvalue weighted by Crippen LogP contribution is 2.34. The lowest BCUT2D eigenvalue weighted by molar-refractivity contribution is 0.394. The van der Waals surface area contributed by atoms with Gasteiger partial charge >= 0.3 is 0 Å². The third kappa shape index (κ3) is 6.94. The summed E-state index contributed by atoms with van der Waals surface area (Å²) in [4.78, 5) is 11.6. The minimum absolute atomic E-state index is 0.0195. The second-order valence-corrected chi connectivity index (χ2v) is 10.9. The molecule has 0 aliphatic heterocycles. The van der Waals surface area contributed by atoms with Crippen LogP contribution in [0.4, 0.5) is 11.4 Å². The molecule has 0 aliphatic carbocycles. The molecule has 2 aromatic heterocycles. The van der Waals surface area contributed by atoms with Crippen molar-refractivity contribution in [3.63, 3.8) is 0 Å². The quantitative estimate of drug-likeness (QED) is 0.169. The first-order chi connectivity index (χ1) is 17.8. The number of fused-ring (bicyclic) bond motifs is 1. The van der Waals surface area contributed by atoms with E-state index in [0.29, 0.717) is 24.7 Å². The van der Waals surface area contributed by atoms with Crippen LogP contribution in [0, 0.1) is 11.8 Å². The number of methoxy groups -OCH3 is 2. The van der Waals surface area contributed by atoms with Crippen LogP contribution >= 0.6 is 12.0 Å². The van der Waals surface area contributed by atoms with Gasteiger partial charge in [0, 0.05) is 53.1 Å². The van der Waals surface area contributed by atoms with Crippen molar-refractivity contribution in [1.29, 1.82) is 0 Å². The van der Waals surface area contributed by atoms with Crippen molar-refractivity contribution in [2.45, 2.75) is 25.5 Å². The molecule has 2 aromatic carbocycles. The Kier molecular flexibility index (Phi) is 8.21. The Morgan fingerprint density at radius 1 is 0.946 bits per heavy atom. The monoisotopic (exact) mass is 517 g/mol. The molecular weight excluding hydrogens is 486 g/mol. The summed E-state index contributed by atoms with van der Waals surface area (Å²) in [5.41, 5.74) is 5.05. The van der Waals surface area contributed by atoms with Crippen molar-refractivity contribution in [3.05, 3.63) is 55.0 Å². The lowest BCUT2D eigenvalue weighted by Crippen LogP contribution is -2.17. The molecule has 0 atom stereocenters. The van der Waals surface area contributed by atoms with Gasteiger partial charge in [-0.3, -0.25) is 9.67 Å². The van der Waals surface area contributed by atoms with Crippen molar-refractivity contribution in [1.82, 2.24) is 19.7 Å². The van der Waals surface area contributed by atoms with Crippen molar-refractivity contribution in [3.8, 4) is 34.6 Å². The SMILES string of the molecule is COc1cc(OC)cc(N(CC#CCOSC(C)(C)C)c2ccc3ncc(-c4cnn(C)c4)nc3c2)c1. The Morgan fingerprint density at radius 3 is 2.35 bits per heavy atom. The van der Waals surface area contributed by atoms with Gasteiger partial charge in [0.05, 0.1) is 49.9 Å². The van der Waals surface area contributed by atoms with E-state index in [0.717, 1.165) is 33.7 Å². The molecule has 0 spiro atoms. The fourth-order valence-electron chi connectivity index (χ4n) is 3.56. The van der Waals surface area contributed by atoms with Crippen LogP contribution < -0.4 is 14.4 Å². The molecule has 9 heteroatoms. The average Bonchev–Trinajstić information content (AvgIpc) is 3.32. The van der Waals surface area contributed by atoms with Crippen LogP contribution in [0.25, 0.3) is 22.3 Å². The van der Waals surface area contributed by atoms with Gasteiger partial charge in [-0.15, -0.1) is 0 Å². The van der Waals surface area contributed by atoms with Gasteiger partial charge < -0.3 is 18.6 Å². The van der Waals surface area contributed by atoms with Crippen LogP contribution in [0.1, 0.15) is 20.8 Å². The number of aromatic nitrogens is 4. The summed E-state index contributed by atoms with van der Waals surface area (Å²) in [6.45, 7) is 7.08. The topological polar surface area (TPSA) is 74.5 Å². The van der Waals surface area contributed by atoms with Crippen LogP contribution in [0.2, 0.25) is 0 Å². The van der Waals surface area contributed by atoms with Gasteiger partial charge in [0.1, 0.15) is 18.1 Å². The van der Waals surface area contributed by atoms with Crippen LogP contribution in [-0.2, 0) is 11.2 Å². The number of nitrogens with zero attached hydrogens (tertiary/aromatic N) is 5. The summed E-state index contributed by atoms with van der Waals surface area (Å²) in [5.74, 6) is 7.74. The van der Waals surface area contributed by atoms with E-state index in [1.165, 1.54) is 12.0 Å². The molecule has 0 N–H and O–H groups in total. The summed E-state index contributed by atoms with van der Waals surface area (Å²) < 4.78 is 18.4. The number of aryl methyl sites for hydroxylation is 1. The van der Waals surface area contributed by atoms with Gasteiger partial charge in [-0.25, -0.2) is 4.98 Å². The molecule has 0 unspecified atom stereocenters. The van der Waals surface area contributed by atoms with Crippen molar-refractivity contribution < 1.29 is 13.7 Å². The highest BCUT2D eigenvalue weighted by molar-refractivity contribution is 7.96. The minimum atomic E-state index is 0.0195. The largest absolute Gasteiger partial charge is 0.497 e. The summed E-state index contributed by atoms with van der Waals surface area (Å²) in [6, 6.07) is 11.8. The van der Waals surface area contributed by atoms with Crippen molar-refractivity contribution >= 4 is 34.5 Å². The Bertz CT molecular complexity index is 1410. The highest BCUT2D eigenvalue weighted by atomic mass is 32.2. The molecule has 0 saturated heterocycles. The molecular formula is C28H31N5O3S. The first-order valence-electron chi connectivity index (χ1n) is 11.8. The van der Waals surface area contributed by atoms with E-state index in [9.17, 15) is 0 Å². The minimum Gasteiger partial charge on any atom is -0.497 e. The molecule has 4 rings (SSSR count). The molecule has 192 valence electrons. The van der Waals surface area contributed by atoms with Gasteiger partial charge in [0.2, 0.25) is 0 Å². The molecule has 2 heterocycles. The van der Waals surface area contributed by atoms with Gasteiger partial charge in [-0.2, -0.15) is 5.10 Å². The Morgan fingerprint density at radius 2 is 1.70 bits per heavy atom. The number of hydrogen-bond acceptors (Lipinski definition) is 8. The van der Waals surface area contributed by atoms with E-state index in [1.807, 2.05) is 49.6 Å². The molecule has 0 radical (unpaired) electrons. The molecule has 0 aliphatic rings. The van der Waals surface area contributed by atoms with Gasteiger partial charge in [-0.1, -0.05) is 11.8 Å². The van der Waals surface area contributed by atoms with Gasteiger partial charge in [-0.05, 0) is 51.0 Å². The van der Waals surface area contributed by atoms with Crippen LogP contribution in [-0.4, -0.2) is 51.9 Å². The smallest absolute Gasteiger partial charge is 0.124 e. The first kappa shape index (κ1) is 26.3. The summed E-state index contributed by atoms with van der Waals surface area (Å²) in [7, 11) is 5.15. The normalized spacial score (nSPS) is 11.2. The molecule has 0 amide bonds. The maximum atomic E-state index is 5.64. The zero-order valence-corrected chi connectivity index (χ0v) is 22.8. The van der Waals surface area contributed by atoms with E-state index >= 15 is 0 Å². The zero-order chi connectivity index (χ0) is 26.4. The van der Waals surface area contributed by atoms with Crippen LogP contribution in [0.3, 0.4) is 0 Å². The third-order valence-corrected chi connectivity index (χ3v) is 6.02. The predicted octanol–water partition coefficient (Wildman–Crippen LogP) is 5.65. The Balaban J connectivity index is 1.69. The van der Waals surface area contributed by atoms with Crippen LogP contribution in [0.5, 0.6) is 11.5 Å². The standard InChI is InChI=1S/C28H31N5O3S/c1-28(2,3)37-36-12-8-7-11-33(22-13-23(34-5)16-24(14-22)35-6)21-9-10-25-26(15-21)31-27(18-29-25)20-17-30-32(4)19-20/h9-10,13-19H,11-12H2,1-6H3. The summed E-state index contributed by atoms with van der Waals surface area (Å²) in [5, 5.41) is 4.25. The molecule has 0 bridgehead atoms. The van der Waals surface area contributed by atoms with Crippen molar-refractivity contribution in [2.24, 2.45) is 7.05 Å². The summed E-state index contributed by atoms with van der Waals surface area (Å²) in [6.07, 6.45) is 5.47. The Labute approximate surface area is 222 Å². The lowest BCUT2D eigenvalue weighted by Gasteiger charge is -2.24. The fourth-order valence-corrected chi connectivity index (χ4v) is 4.03. The van der Waals surface area contributed by atoms with Crippen LogP contribution in [0.15, 0.2) is 55.0 Å². The number of rotatable bonds is 8. The van der Waals surface area contributed by atoms with E-state index in [1.54, 1.807) is 31.3 Å². The highest BCUT2D eigenvalue weighted by Gasteiger charge is 2.14. The maximum absolute atomic E-state index is 5.64. The Hall–Kier alpha value is -3.74. The average molecular weight is 518 g/mol.